The predicted molar refractivity (Wildman–Crippen MR) is 115 cm³/mol. The number of hydrogen-bond donors (Lipinski definition) is 2. The van der Waals surface area contributed by atoms with Crippen LogP contribution in [0.15, 0.2) is 23.2 Å². The Bertz CT molecular complexity index is 616. The van der Waals surface area contributed by atoms with E-state index in [1.165, 1.54) is 0 Å². The van der Waals surface area contributed by atoms with Crippen molar-refractivity contribution in [2.24, 2.45) is 10.9 Å². The van der Waals surface area contributed by atoms with Crippen molar-refractivity contribution >= 4 is 11.6 Å². The van der Waals surface area contributed by atoms with Gasteiger partial charge in [-0.05, 0) is 31.9 Å². The van der Waals surface area contributed by atoms with E-state index in [9.17, 15) is 0 Å². The van der Waals surface area contributed by atoms with Crippen molar-refractivity contribution in [2.45, 2.75) is 33.7 Å². The highest BCUT2D eigenvalue weighted by atomic mass is 16.5. The number of nitrogens with one attached hydrogen (secondary N) is 2. The standard InChI is InChI=1S/C21H36N4O3/c1-6-22-21(23-15-18(16(3)4)25-10-12-27-13-11-25)24-17-8-9-19(26-5)20(14-17)28-7-2/h8-9,14,16,18H,6-7,10-13,15H2,1-5H3,(H2,22,23,24). The van der Waals surface area contributed by atoms with Gasteiger partial charge in [-0.2, -0.15) is 0 Å². The third kappa shape index (κ3) is 6.56. The summed E-state index contributed by atoms with van der Waals surface area (Å²) in [6.45, 7) is 14.2. The van der Waals surface area contributed by atoms with Gasteiger partial charge in [0.05, 0.1) is 33.5 Å². The summed E-state index contributed by atoms with van der Waals surface area (Å²) in [5.41, 5.74) is 0.913. The summed E-state index contributed by atoms with van der Waals surface area (Å²) in [6.07, 6.45) is 0. The fourth-order valence-corrected chi connectivity index (χ4v) is 3.31. The molecule has 1 fully saturated rings. The number of nitrogens with zero attached hydrogens (tertiary/aromatic N) is 2. The lowest BCUT2D eigenvalue weighted by atomic mass is 10.0. The number of anilines is 1. The first-order chi connectivity index (χ1) is 13.6. The van der Waals surface area contributed by atoms with Gasteiger partial charge in [0.2, 0.25) is 0 Å². The van der Waals surface area contributed by atoms with Gasteiger partial charge in [-0.1, -0.05) is 13.8 Å². The van der Waals surface area contributed by atoms with Gasteiger partial charge in [-0.3, -0.25) is 9.89 Å². The smallest absolute Gasteiger partial charge is 0.195 e. The van der Waals surface area contributed by atoms with E-state index in [1.807, 2.05) is 25.1 Å². The molecule has 158 valence electrons. The van der Waals surface area contributed by atoms with Crippen LogP contribution in [0, 0.1) is 5.92 Å². The summed E-state index contributed by atoms with van der Waals surface area (Å²) < 4.78 is 16.5. The highest BCUT2D eigenvalue weighted by molar-refractivity contribution is 5.93. The van der Waals surface area contributed by atoms with Gasteiger partial charge in [0.25, 0.3) is 0 Å². The second-order valence-corrected chi connectivity index (χ2v) is 7.10. The number of rotatable bonds is 9. The van der Waals surface area contributed by atoms with Crippen molar-refractivity contribution in [3.63, 3.8) is 0 Å². The molecule has 2 N–H and O–H groups in total. The first kappa shape index (κ1) is 22.3. The highest BCUT2D eigenvalue weighted by Gasteiger charge is 2.23. The Morgan fingerprint density at radius 3 is 2.57 bits per heavy atom. The van der Waals surface area contributed by atoms with Crippen LogP contribution in [0.3, 0.4) is 0 Å². The number of hydrogen-bond acceptors (Lipinski definition) is 5. The molecule has 0 amide bonds. The van der Waals surface area contributed by atoms with Crippen LogP contribution < -0.4 is 20.1 Å². The van der Waals surface area contributed by atoms with Crippen molar-refractivity contribution in [1.82, 2.24) is 10.2 Å². The highest BCUT2D eigenvalue weighted by Crippen LogP contribution is 2.30. The van der Waals surface area contributed by atoms with Crippen LogP contribution in [0.5, 0.6) is 11.5 Å². The number of ether oxygens (including phenoxy) is 3. The van der Waals surface area contributed by atoms with E-state index in [0.29, 0.717) is 18.6 Å². The van der Waals surface area contributed by atoms with Crippen molar-refractivity contribution in [3.8, 4) is 11.5 Å². The summed E-state index contributed by atoms with van der Waals surface area (Å²) in [5.74, 6) is 2.74. The maximum atomic E-state index is 5.68. The van der Waals surface area contributed by atoms with Crippen LogP contribution in [0.1, 0.15) is 27.7 Å². The molecule has 0 aromatic heterocycles. The maximum absolute atomic E-state index is 5.68. The molecule has 0 spiro atoms. The summed E-state index contributed by atoms with van der Waals surface area (Å²) in [7, 11) is 1.65. The Balaban J connectivity index is 2.11. The Labute approximate surface area is 169 Å². The van der Waals surface area contributed by atoms with E-state index in [-0.39, 0.29) is 0 Å². The Morgan fingerprint density at radius 1 is 1.21 bits per heavy atom. The first-order valence-electron chi connectivity index (χ1n) is 10.3. The molecule has 1 heterocycles. The zero-order chi connectivity index (χ0) is 20.4. The molecule has 0 bridgehead atoms. The molecule has 7 nitrogen and oxygen atoms in total. The lowest BCUT2D eigenvalue weighted by Gasteiger charge is -2.36. The van der Waals surface area contributed by atoms with Gasteiger partial charge in [0.15, 0.2) is 17.5 Å². The van der Waals surface area contributed by atoms with Gasteiger partial charge in [0.1, 0.15) is 0 Å². The molecule has 1 aromatic rings. The lowest BCUT2D eigenvalue weighted by molar-refractivity contribution is 0.00869. The van der Waals surface area contributed by atoms with Gasteiger partial charge < -0.3 is 24.8 Å². The molecule has 1 aromatic carbocycles. The molecule has 2 rings (SSSR count). The summed E-state index contributed by atoms with van der Waals surface area (Å²) >= 11 is 0. The van der Waals surface area contributed by atoms with E-state index in [2.05, 4.69) is 36.3 Å². The average Bonchev–Trinajstić information content (AvgIpc) is 2.69. The van der Waals surface area contributed by atoms with E-state index >= 15 is 0 Å². The molecule has 0 aliphatic carbocycles. The lowest BCUT2D eigenvalue weighted by Crippen LogP contribution is -2.48. The molecular formula is C21H36N4O3. The molecule has 1 saturated heterocycles. The molecule has 1 aliphatic rings. The molecule has 1 atom stereocenters. The van der Waals surface area contributed by atoms with Crippen molar-refractivity contribution in [2.75, 3.05) is 58.4 Å². The predicted octanol–water partition coefficient (Wildman–Crippen LogP) is 2.83. The molecule has 1 unspecified atom stereocenters. The quantitative estimate of drug-likeness (QED) is 0.498. The van der Waals surface area contributed by atoms with E-state index in [1.54, 1.807) is 7.11 Å². The minimum absolute atomic E-state index is 0.397. The first-order valence-corrected chi connectivity index (χ1v) is 10.3. The number of aliphatic imine (C=N–C) groups is 1. The number of methoxy groups -OCH3 is 1. The second-order valence-electron chi connectivity index (χ2n) is 7.10. The fourth-order valence-electron chi connectivity index (χ4n) is 3.31. The molecule has 7 heteroatoms. The van der Waals surface area contributed by atoms with Gasteiger partial charge in [-0.25, -0.2) is 0 Å². The van der Waals surface area contributed by atoms with Crippen LogP contribution >= 0.6 is 0 Å². The normalized spacial score (nSPS) is 16.7. The Hall–Kier alpha value is -1.99. The number of morpholine rings is 1. The SMILES string of the molecule is CCNC(=NCC(C(C)C)N1CCOCC1)Nc1ccc(OC)c(OCC)c1. The number of guanidine groups is 1. The molecular weight excluding hydrogens is 356 g/mol. The van der Waals surface area contributed by atoms with E-state index < -0.39 is 0 Å². The van der Waals surface area contributed by atoms with E-state index in [4.69, 9.17) is 19.2 Å². The fraction of sp³-hybridized carbons (Fsp3) is 0.667. The summed E-state index contributed by atoms with van der Waals surface area (Å²) in [5, 5.41) is 6.72. The van der Waals surface area contributed by atoms with Crippen molar-refractivity contribution in [3.05, 3.63) is 18.2 Å². The summed E-state index contributed by atoms with van der Waals surface area (Å²) in [4.78, 5) is 7.35. The van der Waals surface area contributed by atoms with Gasteiger partial charge in [-0.15, -0.1) is 0 Å². The zero-order valence-corrected chi connectivity index (χ0v) is 18.0. The average molecular weight is 393 g/mol. The monoisotopic (exact) mass is 392 g/mol. The second kappa shape index (κ2) is 11.8. The molecule has 0 radical (unpaired) electrons. The minimum atomic E-state index is 0.397. The maximum Gasteiger partial charge on any atom is 0.195 e. The van der Waals surface area contributed by atoms with Crippen LogP contribution in [0.4, 0.5) is 5.69 Å². The Morgan fingerprint density at radius 2 is 1.96 bits per heavy atom. The van der Waals surface area contributed by atoms with Crippen LogP contribution in [-0.4, -0.2) is 70.0 Å². The zero-order valence-electron chi connectivity index (χ0n) is 18.0. The summed E-state index contributed by atoms with van der Waals surface area (Å²) in [6, 6.07) is 6.21. The van der Waals surface area contributed by atoms with Crippen LogP contribution in [0.2, 0.25) is 0 Å². The largest absolute Gasteiger partial charge is 0.493 e. The van der Waals surface area contributed by atoms with E-state index in [0.717, 1.165) is 62.5 Å². The van der Waals surface area contributed by atoms with Gasteiger partial charge >= 0.3 is 0 Å². The molecule has 1 aliphatic heterocycles. The minimum Gasteiger partial charge on any atom is -0.493 e. The van der Waals surface area contributed by atoms with Crippen LogP contribution in [0.25, 0.3) is 0 Å². The van der Waals surface area contributed by atoms with Crippen molar-refractivity contribution < 1.29 is 14.2 Å². The Kier molecular flexibility index (Phi) is 9.37. The third-order valence-corrected chi connectivity index (χ3v) is 4.79. The van der Waals surface area contributed by atoms with Crippen molar-refractivity contribution in [1.29, 1.82) is 0 Å². The molecule has 0 saturated carbocycles. The third-order valence-electron chi connectivity index (χ3n) is 4.79. The number of benzene rings is 1. The molecule has 28 heavy (non-hydrogen) atoms. The topological polar surface area (TPSA) is 67.4 Å². The van der Waals surface area contributed by atoms with Crippen LogP contribution in [-0.2, 0) is 4.74 Å². The van der Waals surface area contributed by atoms with Gasteiger partial charge in [0, 0.05) is 37.4 Å².